The normalized spacial score (nSPS) is 9.07. The van der Waals surface area contributed by atoms with E-state index in [0.717, 1.165) is 6.07 Å². The number of quaternary nitrogens is 1. The summed E-state index contributed by atoms with van der Waals surface area (Å²) in [5.74, 6) is -0.763. The molecule has 0 saturated heterocycles. The summed E-state index contributed by atoms with van der Waals surface area (Å²) in [6.07, 6.45) is 0. The molecule has 9 nitrogen and oxygen atoms in total. The SMILES string of the molecule is Nc1cc([N+](=O)[O-])cc([N+](=O)[O-])c1O.[NH4+]. The first-order valence-electron chi connectivity index (χ1n) is 3.34. The van der Waals surface area contributed by atoms with Crippen LogP contribution in [0.25, 0.3) is 0 Å². The van der Waals surface area contributed by atoms with Crippen molar-refractivity contribution in [2.75, 3.05) is 5.73 Å². The average molecular weight is 217 g/mol. The Labute approximate surface area is 83.0 Å². The van der Waals surface area contributed by atoms with Gasteiger partial charge in [0.25, 0.3) is 5.69 Å². The lowest BCUT2D eigenvalue weighted by Gasteiger charge is -1.99. The molecule has 0 amide bonds. The Hall–Kier alpha value is -2.42. The van der Waals surface area contributed by atoms with Gasteiger partial charge in [0.1, 0.15) is 0 Å². The van der Waals surface area contributed by atoms with E-state index in [9.17, 15) is 20.2 Å². The van der Waals surface area contributed by atoms with E-state index in [1.165, 1.54) is 0 Å². The number of phenolic OH excluding ortho intramolecular Hbond substituents is 1. The predicted molar refractivity (Wildman–Crippen MR) is 51.8 cm³/mol. The van der Waals surface area contributed by atoms with E-state index < -0.39 is 32.7 Å². The van der Waals surface area contributed by atoms with E-state index in [2.05, 4.69) is 0 Å². The Morgan fingerprint density at radius 3 is 2.13 bits per heavy atom. The zero-order valence-corrected chi connectivity index (χ0v) is 7.71. The third kappa shape index (κ3) is 2.28. The maximum atomic E-state index is 10.3. The molecule has 0 aromatic heterocycles. The number of phenols is 1. The Kier molecular flexibility index (Phi) is 3.52. The fraction of sp³-hybridized carbons (Fsp3) is 0. The van der Waals surface area contributed by atoms with Crippen molar-refractivity contribution in [2.45, 2.75) is 0 Å². The van der Waals surface area contributed by atoms with E-state index in [0.29, 0.717) is 6.07 Å². The van der Waals surface area contributed by atoms with Gasteiger partial charge in [0.15, 0.2) is 0 Å². The highest BCUT2D eigenvalue weighted by Crippen LogP contribution is 2.35. The highest BCUT2D eigenvalue weighted by atomic mass is 16.6. The highest BCUT2D eigenvalue weighted by molar-refractivity contribution is 5.67. The Balaban J connectivity index is 0.00000196. The number of non-ortho nitro benzene ring substituents is 1. The van der Waals surface area contributed by atoms with Crippen LogP contribution in [0.2, 0.25) is 0 Å². The van der Waals surface area contributed by atoms with Gasteiger partial charge in [-0.3, -0.25) is 20.2 Å². The van der Waals surface area contributed by atoms with Gasteiger partial charge >= 0.3 is 5.69 Å². The van der Waals surface area contributed by atoms with Crippen LogP contribution in [0.4, 0.5) is 17.1 Å². The number of benzene rings is 1. The van der Waals surface area contributed by atoms with Crippen LogP contribution >= 0.6 is 0 Å². The van der Waals surface area contributed by atoms with Gasteiger partial charge in [-0.2, -0.15) is 0 Å². The van der Waals surface area contributed by atoms with Gasteiger partial charge in [0, 0.05) is 6.07 Å². The summed E-state index contributed by atoms with van der Waals surface area (Å²) >= 11 is 0. The summed E-state index contributed by atoms with van der Waals surface area (Å²) in [5, 5.41) is 29.7. The number of anilines is 1. The van der Waals surface area contributed by atoms with Gasteiger partial charge in [-0.25, -0.2) is 0 Å². The maximum Gasteiger partial charge on any atom is 0.319 e. The van der Waals surface area contributed by atoms with Crippen molar-refractivity contribution < 1.29 is 15.0 Å². The van der Waals surface area contributed by atoms with Crippen molar-refractivity contribution in [2.24, 2.45) is 0 Å². The molecule has 0 spiro atoms. The van der Waals surface area contributed by atoms with Gasteiger partial charge in [-0.1, -0.05) is 0 Å². The van der Waals surface area contributed by atoms with Crippen LogP contribution in [0.1, 0.15) is 0 Å². The summed E-state index contributed by atoms with van der Waals surface area (Å²) in [6, 6.07) is 1.49. The number of nitrogens with zero attached hydrogens (tertiary/aromatic N) is 2. The Bertz CT molecular complexity index is 418. The highest BCUT2D eigenvalue weighted by Gasteiger charge is 2.22. The number of aromatic hydroxyl groups is 1. The molecule has 0 heterocycles. The largest absolute Gasteiger partial charge is 0.501 e. The van der Waals surface area contributed by atoms with Crippen LogP contribution in [-0.4, -0.2) is 15.0 Å². The second kappa shape index (κ2) is 4.19. The minimum Gasteiger partial charge on any atom is -0.501 e. The number of nitrogens with two attached hydrogens (primary N) is 1. The summed E-state index contributed by atoms with van der Waals surface area (Å²) in [4.78, 5) is 18.8. The van der Waals surface area contributed by atoms with Gasteiger partial charge in [-0.05, 0) is 0 Å². The van der Waals surface area contributed by atoms with E-state index in [1.54, 1.807) is 0 Å². The predicted octanol–water partition coefficient (Wildman–Crippen LogP) is 1.17. The molecular formula is C6H9N4O5+. The second-order valence-corrected chi connectivity index (χ2v) is 2.42. The Morgan fingerprint density at radius 1 is 1.20 bits per heavy atom. The van der Waals surface area contributed by atoms with Crippen molar-refractivity contribution in [3.05, 3.63) is 32.4 Å². The molecule has 7 N–H and O–H groups in total. The van der Waals surface area contributed by atoms with Crippen LogP contribution in [0.15, 0.2) is 12.1 Å². The summed E-state index contributed by atoms with van der Waals surface area (Å²) < 4.78 is 0. The first kappa shape index (κ1) is 12.6. The number of rotatable bonds is 2. The maximum absolute atomic E-state index is 10.3. The average Bonchev–Trinajstić information content (AvgIpc) is 2.08. The molecule has 0 unspecified atom stereocenters. The molecule has 1 aromatic rings. The van der Waals surface area contributed by atoms with E-state index in [4.69, 9.17) is 10.8 Å². The van der Waals surface area contributed by atoms with Crippen LogP contribution < -0.4 is 11.9 Å². The van der Waals surface area contributed by atoms with E-state index in [-0.39, 0.29) is 6.15 Å². The lowest BCUT2D eigenvalue weighted by Crippen LogP contribution is -1.96. The molecule has 0 atom stereocenters. The van der Waals surface area contributed by atoms with Crippen molar-refractivity contribution >= 4 is 17.1 Å². The molecule has 82 valence electrons. The first-order chi connectivity index (χ1) is 6.43. The second-order valence-electron chi connectivity index (χ2n) is 2.42. The molecule has 0 radical (unpaired) electrons. The van der Waals surface area contributed by atoms with Crippen LogP contribution in [0.5, 0.6) is 5.75 Å². The molecule has 0 aliphatic rings. The Morgan fingerprint density at radius 2 is 1.73 bits per heavy atom. The molecule has 15 heavy (non-hydrogen) atoms. The zero-order chi connectivity index (χ0) is 10.9. The summed E-state index contributed by atoms with van der Waals surface area (Å²) in [5.41, 5.74) is 3.42. The molecule has 1 rings (SSSR count). The van der Waals surface area contributed by atoms with E-state index in [1.807, 2.05) is 0 Å². The van der Waals surface area contributed by atoms with Crippen molar-refractivity contribution in [3.8, 4) is 5.75 Å². The summed E-state index contributed by atoms with van der Waals surface area (Å²) in [7, 11) is 0. The van der Waals surface area contributed by atoms with Gasteiger partial charge in [0.05, 0.1) is 21.6 Å². The molecule has 0 fully saturated rings. The van der Waals surface area contributed by atoms with Crippen LogP contribution in [-0.2, 0) is 0 Å². The molecule has 1 aromatic carbocycles. The van der Waals surface area contributed by atoms with Crippen LogP contribution in [0.3, 0.4) is 0 Å². The standard InChI is InChI=1S/C6H5N3O5.H3N/c7-4-1-3(8(11)12)2-5(6(4)10)9(13)14;/h1-2,10H,7H2;1H3/p+1. The molecule has 0 aliphatic carbocycles. The third-order valence-electron chi connectivity index (χ3n) is 1.51. The number of hydrogen-bond acceptors (Lipinski definition) is 6. The summed E-state index contributed by atoms with van der Waals surface area (Å²) in [6.45, 7) is 0. The van der Waals surface area contributed by atoms with Gasteiger partial charge in [0.2, 0.25) is 5.75 Å². The topological polar surface area (TPSA) is 169 Å². The monoisotopic (exact) mass is 217 g/mol. The lowest BCUT2D eigenvalue weighted by atomic mass is 10.2. The molecule has 0 bridgehead atoms. The fourth-order valence-electron chi connectivity index (χ4n) is 0.870. The van der Waals surface area contributed by atoms with E-state index >= 15 is 0 Å². The number of nitro groups is 2. The van der Waals surface area contributed by atoms with Crippen molar-refractivity contribution in [1.29, 1.82) is 0 Å². The van der Waals surface area contributed by atoms with Gasteiger partial charge in [-0.15, -0.1) is 0 Å². The number of nitro benzene ring substituents is 2. The first-order valence-corrected chi connectivity index (χ1v) is 3.34. The smallest absolute Gasteiger partial charge is 0.319 e. The fourth-order valence-corrected chi connectivity index (χ4v) is 0.870. The minimum atomic E-state index is -0.946. The molecular weight excluding hydrogens is 208 g/mol. The van der Waals surface area contributed by atoms with Crippen molar-refractivity contribution in [3.63, 3.8) is 0 Å². The zero-order valence-electron chi connectivity index (χ0n) is 7.71. The van der Waals surface area contributed by atoms with Crippen LogP contribution in [0, 0.1) is 20.2 Å². The lowest BCUT2D eigenvalue weighted by molar-refractivity contribution is -0.394. The molecule has 0 saturated carbocycles. The minimum absolute atomic E-state index is 0. The number of hydrogen-bond donors (Lipinski definition) is 3. The van der Waals surface area contributed by atoms with Gasteiger partial charge < -0.3 is 17.0 Å². The third-order valence-corrected chi connectivity index (χ3v) is 1.51. The molecule has 9 heteroatoms. The van der Waals surface area contributed by atoms with Crippen molar-refractivity contribution in [1.82, 2.24) is 6.15 Å². The number of nitrogen functional groups attached to an aromatic ring is 1. The quantitative estimate of drug-likeness (QED) is 0.290. The molecule has 0 aliphatic heterocycles.